The van der Waals surface area contributed by atoms with E-state index in [1.54, 1.807) is 17.5 Å². The van der Waals surface area contributed by atoms with Crippen LogP contribution in [0.25, 0.3) is 65.1 Å². The second-order valence-electron chi connectivity index (χ2n) is 9.28. The van der Waals surface area contributed by atoms with Crippen molar-refractivity contribution in [1.82, 2.24) is 9.97 Å². The van der Waals surface area contributed by atoms with E-state index in [2.05, 4.69) is 101 Å². The first-order valence-electron chi connectivity index (χ1n) is 12.4. The van der Waals surface area contributed by atoms with Gasteiger partial charge in [-0.15, -0.1) is 11.3 Å². The monoisotopic (exact) mass is 508 g/mol. The summed E-state index contributed by atoms with van der Waals surface area (Å²) in [7, 11) is 0. The summed E-state index contributed by atoms with van der Waals surface area (Å²) in [6, 6.07) is 40.8. The summed E-state index contributed by atoms with van der Waals surface area (Å²) in [5.41, 5.74) is 8.68. The lowest BCUT2D eigenvalue weighted by atomic mass is 9.96. The van der Waals surface area contributed by atoms with Gasteiger partial charge < -0.3 is 0 Å². The van der Waals surface area contributed by atoms with Gasteiger partial charge in [-0.05, 0) is 80.6 Å². The Hall–Kier alpha value is -4.67. The van der Waals surface area contributed by atoms with E-state index in [0.717, 1.165) is 37.6 Å². The second kappa shape index (κ2) is 9.33. The lowest BCUT2D eigenvalue weighted by Gasteiger charge is -2.09. The predicted octanol–water partition coefficient (Wildman–Crippen LogP) is 9.65. The number of aromatic nitrogens is 2. The van der Waals surface area contributed by atoms with Crippen molar-refractivity contribution in [2.45, 2.75) is 0 Å². The number of thiazole rings is 1. The minimum absolute atomic E-state index is 0.219. The highest BCUT2D eigenvalue weighted by Gasteiger charge is 2.08. The molecule has 0 fully saturated rings. The van der Waals surface area contributed by atoms with Crippen LogP contribution >= 0.6 is 11.3 Å². The van der Waals surface area contributed by atoms with Crippen LogP contribution in [0.1, 0.15) is 0 Å². The molecule has 0 amide bonds. The molecule has 0 N–H and O–H groups in total. The first-order chi connectivity index (χ1) is 18.7. The molecule has 0 saturated heterocycles. The standard InChI is InChI=1S/C34H21FN2S/c35-31-17-15-23(16-18-31)22-3-5-24(6-4-22)27-11-13-30-21-28(12-14-29(30)20-27)25-7-9-26(10-8-25)34-37-33-32(38-34)2-1-19-36-33/h1-21H. The Morgan fingerprint density at radius 1 is 0.500 bits per heavy atom. The maximum absolute atomic E-state index is 13.2. The number of pyridine rings is 1. The van der Waals surface area contributed by atoms with Crippen molar-refractivity contribution in [2.24, 2.45) is 0 Å². The zero-order valence-corrected chi connectivity index (χ0v) is 21.1. The molecular formula is C34H21FN2S. The Morgan fingerprint density at radius 2 is 0.974 bits per heavy atom. The van der Waals surface area contributed by atoms with Crippen molar-refractivity contribution in [3.05, 3.63) is 133 Å². The summed E-state index contributed by atoms with van der Waals surface area (Å²) in [6.07, 6.45) is 1.78. The Kier molecular flexibility index (Phi) is 5.53. The fourth-order valence-corrected chi connectivity index (χ4v) is 5.73. The fraction of sp³-hybridized carbons (Fsp3) is 0. The van der Waals surface area contributed by atoms with Crippen LogP contribution in [0.15, 0.2) is 128 Å². The molecule has 2 nitrogen and oxygen atoms in total. The average Bonchev–Trinajstić information content (AvgIpc) is 3.42. The van der Waals surface area contributed by atoms with E-state index in [1.165, 1.54) is 39.6 Å². The van der Waals surface area contributed by atoms with E-state index in [4.69, 9.17) is 0 Å². The van der Waals surface area contributed by atoms with Crippen LogP contribution in [0.2, 0.25) is 0 Å². The molecule has 0 radical (unpaired) electrons. The zero-order valence-electron chi connectivity index (χ0n) is 20.3. The van der Waals surface area contributed by atoms with E-state index in [-0.39, 0.29) is 5.82 Å². The van der Waals surface area contributed by atoms with Crippen LogP contribution in [-0.4, -0.2) is 9.97 Å². The minimum atomic E-state index is -0.219. The molecule has 0 aliphatic heterocycles. The van der Waals surface area contributed by atoms with Gasteiger partial charge in [0, 0.05) is 11.8 Å². The van der Waals surface area contributed by atoms with Crippen molar-refractivity contribution in [3.63, 3.8) is 0 Å². The van der Waals surface area contributed by atoms with Gasteiger partial charge in [-0.25, -0.2) is 14.4 Å². The summed E-state index contributed by atoms with van der Waals surface area (Å²) in [5.74, 6) is -0.219. The molecule has 2 heterocycles. The Bertz CT molecular complexity index is 1870. The number of benzene rings is 5. The van der Waals surface area contributed by atoms with Crippen molar-refractivity contribution in [2.75, 3.05) is 0 Å². The molecule has 0 aliphatic rings. The third-order valence-electron chi connectivity index (χ3n) is 6.87. The molecular weight excluding hydrogens is 487 g/mol. The molecule has 0 bridgehead atoms. The zero-order chi connectivity index (χ0) is 25.5. The largest absolute Gasteiger partial charge is 0.236 e. The number of hydrogen-bond acceptors (Lipinski definition) is 3. The Balaban J connectivity index is 1.14. The van der Waals surface area contributed by atoms with Gasteiger partial charge in [0.05, 0.1) is 4.70 Å². The van der Waals surface area contributed by atoms with Crippen LogP contribution in [-0.2, 0) is 0 Å². The van der Waals surface area contributed by atoms with Crippen LogP contribution in [0.4, 0.5) is 4.39 Å². The van der Waals surface area contributed by atoms with Crippen molar-refractivity contribution >= 4 is 32.5 Å². The minimum Gasteiger partial charge on any atom is -0.236 e. The highest BCUT2D eigenvalue weighted by atomic mass is 32.1. The number of nitrogens with zero attached hydrogens (tertiary/aromatic N) is 2. The fourth-order valence-electron chi connectivity index (χ4n) is 4.80. The molecule has 4 heteroatoms. The van der Waals surface area contributed by atoms with Gasteiger partial charge in [-0.1, -0.05) is 84.9 Å². The normalized spacial score (nSPS) is 11.3. The van der Waals surface area contributed by atoms with E-state index in [9.17, 15) is 4.39 Å². The quantitative estimate of drug-likeness (QED) is 0.236. The summed E-state index contributed by atoms with van der Waals surface area (Å²) < 4.78 is 14.3. The highest BCUT2D eigenvalue weighted by molar-refractivity contribution is 7.21. The maximum atomic E-state index is 13.2. The maximum Gasteiger partial charge on any atom is 0.170 e. The summed E-state index contributed by atoms with van der Waals surface area (Å²) in [5, 5.41) is 3.39. The summed E-state index contributed by atoms with van der Waals surface area (Å²) in [6.45, 7) is 0. The Morgan fingerprint density at radius 3 is 1.53 bits per heavy atom. The van der Waals surface area contributed by atoms with Crippen LogP contribution in [0.3, 0.4) is 0 Å². The third-order valence-corrected chi connectivity index (χ3v) is 7.93. The molecule has 0 saturated carbocycles. The lowest BCUT2D eigenvalue weighted by Crippen LogP contribution is -1.84. The molecule has 38 heavy (non-hydrogen) atoms. The molecule has 180 valence electrons. The Labute approximate surface area is 223 Å². The van der Waals surface area contributed by atoms with Crippen LogP contribution in [0, 0.1) is 5.82 Å². The van der Waals surface area contributed by atoms with E-state index >= 15 is 0 Å². The molecule has 0 aliphatic carbocycles. The van der Waals surface area contributed by atoms with Gasteiger partial charge in [0.2, 0.25) is 0 Å². The SMILES string of the molecule is Fc1ccc(-c2ccc(-c3ccc4cc(-c5ccc(-c6nc7ncccc7s6)cc5)ccc4c3)cc2)cc1. The highest BCUT2D eigenvalue weighted by Crippen LogP contribution is 2.33. The van der Waals surface area contributed by atoms with Gasteiger partial charge in [0.1, 0.15) is 10.8 Å². The predicted molar refractivity (Wildman–Crippen MR) is 157 cm³/mol. The lowest BCUT2D eigenvalue weighted by molar-refractivity contribution is 0.628. The summed E-state index contributed by atoms with van der Waals surface area (Å²) >= 11 is 1.67. The third kappa shape index (κ3) is 4.25. The van der Waals surface area contributed by atoms with E-state index in [1.807, 2.05) is 18.2 Å². The molecule has 7 aromatic rings. The number of hydrogen-bond donors (Lipinski definition) is 0. The molecule has 0 unspecified atom stereocenters. The van der Waals surface area contributed by atoms with Crippen LogP contribution in [0.5, 0.6) is 0 Å². The number of fused-ring (bicyclic) bond motifs is 2. The molecule has 5 aromatic carbocycles. The van der Waals surface area contributed by atoms with Gasteiger partial charge in [-0.3, -0.25) is 0 Å². The van der Waals surface area contributed by atoms with Crippen molar-refractivity contribution < 1.29 is 4.39 Å². The second-order valence-corrected chi connectivity index (χ2v) is 10.3. The number of rotatable bonds is 4. The van der Waals surface area contributed by atoms with Gasteiger partial charge >= 0.3 is 0 Å². The van der Waals surface area contributed by atoms with E-state index in [0.29, 0.717) is 0 Å². The van der Waals surface area contributed by atoms with Crippen molar-refractivity contribution in [3.8, 4) is 44.0 Å². The van der Waals surface area contributed by atoms with Crippen LogP contribution < -0.4 is 0 Å². The van der Waals surface area contributed by atoms with Gasteiger partial charge in [0.25, 0.3) is 0 Å². The first-order valence-corrected chi connectivity index (χ1v) is 13.2. The van der Waals surface area contributed by atoms with E-state index < -0.39 is 0 Å². The first kappa shape index (κ1) is 22.5. The van der Waals surface area contributed by atoms with Crippen molar-refractivity contribution in [1.29, 1.82) is 0 Å². The molecule has 2 aromatic heterocycles. The topological polar surface area (TPSA) is 25.8 Å². The number of halogens is 1. The van der Waals surface area contributed by atoms with Gasteiger partial charge in [0.15, 0.2) is 5.65 Å². The molecule has 0 spiro atoms. The van der Waals surface area contributed by atoms with Gasteiger partial charge in [-0.2, -0.15) is 0 Å². The molecule has 7 rings (SSSR count). The molecule has 0 atom stereocenters. The average molecular weight is 509 g/mol. The smallest absolute Gasteiger partial charge is 0.170 e. The summed E-state index contributed by atoms with van der Waals surface area (Å²) in [4.78, 5) is 9.03.